The molecule has 3 amide bonds. The quantitative estimate of drug-likeness (QED) is 0.205. The Bertz CT molecular complexity index is 1190. The van der Waals surface area contributed by atoms with E-state index in [2.05, 4.69) is 17.6 Å². The number of methoxy groups -OCH3 is 1. The standard InChI is InChI=1S/C35H53N3O5/c1-10-11-12-13-14-21-38(33(40)30(22-24(2)3)37-34(41)43-35(6,7)8)31(29-23-25(4)15-16-26(29)5)32(39)36-27-17-19-28(42-9)20-18-27/h15-20,23-24,30-31H,10-14,21-22H2,1-9H3,(H,36,39)(H,37,41). The summed E-state index contributed by atoms with van der Waals surface area (Å²) < 4.78 is 10.8. The van der Waals surface area contributed by atoms with Crippen LogP contribution in [0.4, 0.5) is 10.5 Å². The smallest absolute Gasteiger partial charge is 0.408 e. The molecule has 8 heteroatoms. The first-order valence-corrected chi connectivity index (χ1v) is 15.6. The molecule has 238 valence electrons. The minimum atomic E-state index is -0.907. The van der Waals surface area contributed by atoms with E-state index in [1.165, 1.54) is 0 Å². The Balaban J connectivity index is 2.58. The van der Waals surface area contributed by atoms with Crippen molar-refractivity contribution in [2.75, 3.05) is 19.0 Å². The van der Waals surface area contributed by atoms with E-state index in [4.69, 9.17) is 9.47 Å². The minimum absolute atomic E-state index is 0.113. The van der Waals surface area contributed by atoms with Gasteiger partial charge in [-0.2, -0.15) is 0 Å². The topological polar surface area (TPSA) is 97.0 Å². The molecule has 0 spiro atoms. The van der Waals surface area contributed by atoms with Crippen LogP contribution in [0.15, 0.2) is 42.5 Å². The number of carbonyl (C=O) groups excluding carboxylic acids is 3. The molecule has 0 aliphatic heterocycles. The van der Waals surface area contributed by atoms with Crippen LogP contribution in [0.3, 0.4) is 0 Å². The zero-order valence-electron chi connectivity index (χ0n) is 27.7. The Labute approximate surface area is 258 Å². The molecule has 0 aliphatic rings. The van der Waals surface area contributed by atoms with Crippen LogP contribution in [0.2, 0.25) is 0 Å². The van der Waals surface area contributed by atoms with E-state index >= 15 is 0 Å². The fourth-order valence-electron chi connectivity index (χ4n) is 4.99. The third kappa shape index (κ3) is 11.9. The number of nitrogens with one attached hydrogen (secondary N) is 2. The maximum atomic E-state index is 14.5. The van der Waals surface area contributed by atoms with E-state index in [0.717, 1.165) is 48.8 Å². The number of alkyl carbamates (subject to hydrolysis) is 1. The zero-order valence-corrected chi connectivity index (χ0v) is 27.7. The highest BCUT2D eigenvalue weighted by Crippen LogP contribution is 2.29. The highest BCUT2D eigenvalue weighted by molar-refractivity contribution is 5.99. The van der Waals surface area contributed by atoms with Crippen LogP contribution in [0.5, 0.6) is 5.75 Å². The predicted octanol–water partition coefficient (Wildman–Crippen LogP) is 7.73. The van der Waals surface area contributed by atoms with Crippen molar-refractivity contribution in [1.82, 2.24) is 10.2 Å². The average molecular weight is 596 g/mol. The van der Waals surface area contributed by atoms with Gasteiger partial charge in [0.1, 0.15) is 23.4 Å². The number of amides is 3. The fraction of sp³-hybridized carbons (Fsp3) is 0.571. The van der Waals surface area contributed by atoms with E-state index in [1.54, 1.807) is 57.0 Å². The van der Waals surface area contributed by atoms with E-state index in [9.17, 15) is 14.4 Å². The monoisotopic (exact) mass is 595 g/mol. The van der Waals surface area contributed by atoms with Gasteiger partial charge >= 0.3 is 6.09 Å². The third-order valence-electron chi connectivity index (χ3n) is 7.13. The number of anilines is 1. The highest BCUT2D eigenvalue weighted by Gasteiger charge is 2.37. The second kappa shape index (κ2) is 16.9. The molecule has 2 aromatic carbocycles. The van der Waals surface area contributed by atoms with Gasteiger partial charge in [-0.25, -0.2) is 4.79 Å². The van der Waals surface area contributed by atoms with Crippen molar-refractivity contribution < 1.29 is 23.9 Å². The number of benzene rings is 2. The zero-order chi connectivity index (χ0) is 32.2. The van der Waals surface area contributed by atoms with Crippen LogP contribution >= 0.6 is 0 Å². The molecule has 0 saturated heterocycles. The maximum Gasteiger partial charge on any atom is 0.408 e. The van der Waals surface area contributed by atoms with Crippen molar-refractivity contribution in [3.63, 3.8) is 0 Å². The van der Waals surface area contributed by atoms with Gasteiger partial charge in [-0.15, -0.1) is 0 Å². The summed E-state index contributed by atoms with van der Waals surface area (Å²) in [6, 6.07) is 11.3. The first-order valence-electron chi connectivity index (χ1n) is 15.6. The van der Waals surface area contributed by atoms with Crippen molar-refractivity contribution in [1.29, 1.82) is 0 Å². The highest BCUT2D eigenvalue weighted by atomic mass is 16.6. The lowest BCUT2D eigenvalue weighted by molar-refractivity contribution is -0.141. The maximum absolute atomic E-state index is 14.5. The Hall–Kier alpha value is -3.55. The Morgan fingerprint density at radius 3 is 2.16 bits per heavy atom. The molecule has 0 radical (unpaired) electrons. The van der Waals surface area contributed by atoms with Gasteiger partial charge in [0.25, 0.3) is 5.91 Å². The molecular formula is C35H53N3O5. The lowest BCUT2D eigenvalue weighted by Crippen LogP contribution is -2.53. The minimum Gasteiger partial charge on any atom is -0.497 e. The summed E-state index contributed by atoms with van der Waals surface area (Å²) in [5, 5.41) is 5.87. The first-order chi connectivity index (χ1) is 20.2. The van der Waals surface area contributed by atoms with Gasteiger partial charge in [-0.05, 0) is 88.8 Å². The second-order valence-electron chi connectivity index (χ2n) is 12.8. The Morgan fingerprint density at radius 2 is 1.58 bits per heavy atom. The molecule has 2 unspecified atom stereocenters. The lowest BCUT2D eigenvalue weighted by Gasteiger charge is -2.35. The fourth-order valence-corrected chi connectivity index (χ4v) is 4.99. The van der Waals surface area contributed by atoms with Gasteiger partial charge < -0.3 is 25.0 Å². The number of ether oxygens (including phenoxy) is 2. The van der Waals surface area contributed by atoms with Crippen LogP contribution < -0.4 is 15.4 Å². The van der Waals surface area contributed by atoms with E-state index in [-0.39, 0.29) is 17.7 Å². The number of rotatable bonds is 15. The van der Waals surface area contributed by atoms with Crippen molar-refractivity contribution >= 4 is 23.6 Å². The van der Waals surface area contributed by atoms with Crippen molar-refractivity contribution in [2.24, 2.45) is 5.92 Å². The summed E-state index contributed by atoms with van der Waals surface area (Å²) in [6.45, 7) is 15.8. The number of nitrogens with zero attached hydrogens (tertiary/aromatic N) is 1. The summed E-state index contributed by atoms with van der Waals surface area (Å²) in [5.41, 5.74) is 2.54. The largest absolute Gasteiger partial charge is 0.497 e. The summed E-state index contributed by atoms with van der Waals surface area (Å²) in [4.78, 5) is 43.3. The SMILES string of the molecule is CCCCCCCN(C(=O)C(CC(C)C)NC(=O)OC(C)(C)C)C(C(=O)Nc1ccc(OC)cc1)c1cc(C)ccc1C. The van der Waals surface area contributed by atoms with Crippen LogP contribution in [0, 0.1) is 19.8 Å². The molecule has 2 N–H and O–H groups in total. The third-order valence-corrected chi connectivity index (χ3v) is 7.13. The van der Waals surface area contributed by atoms with Crippen molar-refractivity contribution in [3.8, 4) is 5.75 Å². The van der Waals surface area contributed by atoms with E-state index in [0.29, 0.717) is 24.4 Å². The summed E-state index contributed by atoms with van der Waals surface area (Å²) in [6.07, 6.45) is 4.70. The van der Waals surface area contributed by atoms with Crippen molar-refractivity contribution in [3.05, 3.63) is 59.2 Å². The molecule has 0 aromatic heterocycles. The van der Waals surface area contributed by atoms with Gasteiger partial charge in [-0.1, -0.05) is 70.2 Å². The van der Waals surface area contributed by atoms with Crippen LogP contribution in [0.25, 0.3) is 0 Å². The molecule has 2 aromatic rings. The normalized spacial score (nSPS) is 12.8. The van der Waals surface area contributed by atoms with Gasteiger partial charge in [0.05, 0.1) is 7.11 Å². The number of hydrogen-bond acceptors (Lipinski definition) is 5. The van der Waals surface area contributed by atoms with Gasteiger partial charge in [0.15, 0.2) is 0 Å². The lowest BCUT2D eigenvalue weighted by atomic mass is 9.94. The molecule has 0 fully saturated rings. The number of carbonyl (C=O) groups is 3. The van der Waals surface area contributed by atoms with Crippen LogP contribution in [-0.2, 0) is 14.3 Å². The molecule has 0 aliphatic carbocycles. The summed E-state index contributed by atoms with van der Waals surface area (Å²) >= 11 is 0. The van der Waals surface area contributed by atoms with Gasteiger partial charge in [-0.3, -0.25) is 9.59 Å². The van der Waals surface area contributed by atoms with Crippen LogP contribution in [-0.4, -0.2) is 48.1 Å². The Morgan fingerprint density at radius 1 is 0.930 bits per heavy atom. The number of aryl methyl sites for hydroxylation is 2. The summed E-state index contributed by atoms with van der Waals surface area (Å²) in [5.74, 6) is 0.174. The second-order valence-corrected chi connectivity index (χ2v) is 12.8. The number of hydrogen-bond donors (Lipinski definition) is 2. The predicted molar refractivity (Wildman–Crippen MR) is 173 cm³/mol. The Kier molecular flexibility index (Phi) is 14.0. The van der Waals surface area contributed by atoms with Crippen molar-refractivity contribution in [2.45, 2.75) is 112 Å². The van der Waals surface area contributed by atoms with E-state index in [1.807, 2.05) is 45.9 Å². The molecule has 8 nitrogen and oxygen atoms in total. The first kappa shape index (κ1) is 35.6. The molecule has 0 heterocycles. The molecule has 2 rings (SSSR count). The molecule has 0 saturated carbocycles. The average Bonchev–Trinajstić information content (AvgIpc) is 2.92. The molecule has 0 bridgehead atoms. The van der Waals surface area contributed by atoms with Gasteiger partial charge in [0, 0.05) is 12.2 Å². The molecular weight excluding hydrogens is 542 g/mol. The summed E-state index contributed by atoms with van der Waals surface area (Å²) in [7, 11) is 1.59. The van der Waals surface area contributed by atoms with Crippen LogP contribution in [0.1, 0.15) is 103 Å². The molecule has 2 atom stereocenters. The number of unbranched alkanes of at least 4 members (excludes halogenated alkanes) is 4. The van der Waals surface area contributed by atoms with E-state index < -0.39 is 23.8 Å². The van der Waals surface area contributed by atoms with Gasteiger partial charge in [0.2, 0.25) is 5.91 Å². The molecule has 43 heavy (non-hydrogen) atoms.